The van der Waals surface area contributed by atoms with Crippen molar-refractivity contribution in [3.05, 3.63) is 0 Å². The first-order chi connectivity index (χ1) is 10.3. The van der Waals surface area contributed by atoms with Gasteiger partial charge < -0.3 is 10.1 Å². The lowest BCUT2D eigenvalue weighted by atomic mass is 9.71. The molecule has 2 aliphatic rings. The highest BCUT2D eigenvalue weighted by Crippen LogP contribution is 2.41. The van der Waals surface area contributed by atoms with Gasteiger partial charge in [0.25, 0.3) is 0 Å². The SMILES string of the molecule is CCOC1(C(NC)C2CCC(CC)CC2)CCCCCC1. The van der Waals surface area contributed by atoms with Gasteiger partial charge in [-0.2, -0.15) is 0 Å². The fourth-order valence-corrected chi connectivity index (χ4v) is 5.02. The van der Waals surface area contributed by atoms with Crippen LogP contribution in [-0.4, -0.2) is 25.3 Å². The summed E-state index contributed by atoms with van der Waals surface area (Å²) in [7, 11) is 2.17. The summed E-state index contributed by atoms with van der Waals surface area (Å²) in [4.78, 5) is 0. The zero-order chi connectivity index (χ0) is 15.1. The zero-order valence-corrected chi connectivity index (χ0v) is 14.6. The average molecular weight is 296 g/mol. The fourth-order valence-electron chi connectivity index (χ4n) is 5.02. The van der Waals surface area contributed by atoms with Gasteiger partial charge in [0, 0.05) is 12.6 Å². The lowest BCUT2D eigenvalue weighted by molar-refractivity contribution is -0.0928. The van der Waals surface area contributed by atoms with Crippen LogP contribution in [0.25, 0.3) is 0 Å². The Morgan fingerprint density at radius 2 is 1.62 bits per heavy atom. The van der Waals surface area contributed by atoms with Gasteiger partial charge in [-0.15, -0.1) is 0 Å². The van der Waals surface area contributed by atoms with E-state index in [-0.39, 0.29) is 5.60 Å². The number of hydrogen-bond acceptors (Lipinski definition) is 2. The Labute approximate surface area is 132 Å². The van der Waals surface area contributed by atoms with E-state index in [1.54, 1.807) is 0 Å². The van der Waals surface area contributed by atoms with E-state index in [0.29, 0.717) is 6.04 Å². The van der Waals surface area contributed by atoms with Crippen LogP contribution in [0, 0.1) is 11.8 Å². The van der Waals surface area contributed by atoms with Crippen LogP contribution in [-0.2, 0) is 4.74 Å². The minimum atomic E-state index is 0.115. The van der Waals surface area contributed by atoms with E-state index in [4.69, 9.17) is 4.74 Å². The molecule has 0 aromatic carbocycles. The van der Waals surface area contributed by atoms with Gasteiger partial charge in [0.2, 0.25) is 0 Å². The maximum atomic E-state index is 6.45. The first kappa shape index (κ1) is 17.3. The molecule has 1 N–H and O–H groups in total. The van der Waals surface area contributed by atoms with Crippen molar-refractivity contribution < 1.29 is 4.74 Å². The van der Waals surface area contributed by atoms with Crippen LogP contribution >= 0.6 is 0 Å². The average Bonchev–Trinajstić information content (AvgIpc) is 2.75. The second kappa shape index (κ2) is 8.53. The van der Waals surface area contributed by atoms with E-state index in [1.807, 2.05) is 0 Å². The molecule has 0 aliphatic heterocycles. The van der Waals surface area contributed by atoms with Gasteiger partial charge in [-0.3, -0.25) is 0 Å². The Kier molecular flexibility index (Phi) is 7.01. The van der Waals surface area contributed by atoms with Gasteiger partial charge >= 0.3 is 0 Å². The van der Waals surface area contributed by atoms with E-state index >= 15 is 0 Å². The van der Waals surface area contributed by atoms with E-state index < -0.39 is 0 Å². The maximum absolute atomic E-state index is 6.45. The Morgan fingerprint density at radius 3 is 2.10 bits per heavy atom. The standard InChI is InChI=1S/C19H37NO/c1-4-16-10-12-17(13-11-16)18(20-3)19(21-5-2)14-8-6-7-9-15-19/h16-18,20H,4-15H2,1-3H3. The van der Waals surface area contributed by atoms with Gasteiger partial charge in [0.15, 0.2) is 0 Å². The number of likely N-dealkylation sites (N-methyl/N-ethyl adjacent to an activating group) is 1. The molecule has 2 rings (SSSR count). The number of nitrogens with one attached hydrogen (secondary N) is 1. The summed E-state index contributed by atoms with van der Waals surface area (Å²) in [6, 6.07) is 0.563. The van der Waals surface area contributed by atoms with Crippen molar-refractivity contribution in [1.82, 2.24) is 5.32 Å². The van der Waals surface area contributed by atoms with Crippen LogP contribution in [0.3, 0.4) is 0 Å². The molecule has 0 spiro atoms. The maximum Gasteiger partial charge on any atom is 0.0837 e. The largest absolute Gasteiger partial charge is 0.374 e. The van der Waals surface area contributed by atoms with Gasteiger partial charge in [0.05, 0.1) is 5.60 Å². The molecule has 2 heteroatoms. The van der Waals surface area contributed by atoms with Crippen LogP contribution in [0.4, 0.5) is 0 Å². The van der Waals surface area contributed by atoms with Crippen molar-refractivity contribution in [2.45, 2.75) is 96.1 Å². The lowest BCUT2D eigenvalue weighted by Crippen LogP contribution is -2.55. The molecule has 0 aromatic rings. The Morgan fingerprint density at radius 1 is 1.00 bits per heavy atom. The highest BCUT2D eigenvalue weighted by molar-refractivity contribution is 4.98. The molecule has 2 nitrogen and oxygen atoms in total. The normalized spacial score (nSPS) is 31.6. The molecule has 0 aromatic heterocycles. The summed E-state index contributed by atoms with van der Waals surface area (Å²) in [5.74, 6) is 1.80. The lowest BCUT2D eigenvalue weighted by Gasteiger charge is -2.46. The number of ether oxygens (including phenoxy) is 1. The number of hydrogen-bond donors (Lipinski definition) is 1. The van der Waals surface area contributed by atoms with Crippen molar-refractivity contribution in [2.75, 3.05) is 13.7 Å². The Bertz CT molecular complexity index is 275. The second-order valence-electron chi connectivity index (χ2n) is 7.37. The highest BCUT2D eigenvalue weighted by atomic mass is 16.5. The van der Waals surface area contributed by atoms with Gasteiger partial charge in [-0.25, -0.2) is 0 Å². The van der Waals surface area contributed by atoms with E-state index in [0.717, 1.165) is 18.4 Å². The first-order valence-corrected chi connectivity index (χ1v) is 9.57. The predicted octanol–water partition coefficient (Wildman–Crippen LogP) is 4.92. The van der Waals surface area contributed by atoms with Crippen molar-refractivity contribution in [3.8, 4) is 0 Å². The third-order valence-corrected chi connectivity index (χ3v) is 6.20. The van der Waals surface area contributed by atoms with Gasteiger partial charge in [-0.1, -0.05) is 51.9 Å². The van der Waals surface area contributed by atoms with E-state index in [2.05, 4.69) is 26.2 Å². The van der Waals surface area contributed by atoms with E-state index in [1.165, 1.54) is 70.6 Å². The predicted molar refractivity (Wildman–Crippen MR) is 90.6 cm³/mol. The molecule has 0 amide bonds. The Balaban J connectivity index is 2.08. The molecule has 0 radical (unpaired) electrons. The highest BCUT2D eigenvalue weighted by Gasteiger charge is 2.43. The summed E-state index contributed by atoms with van der Waals surface area (Å²) in [6.45, 7) is 5.39. The van der Waals surface area contributed by atoms with Crippen LogP contribution in [0.1, 0.15) is 84.5 Å². The molecule has 2 aliphatic carbocycles. The second-order valence-corrected chi connectivity index (χ2v) is 7.37. The molecule has 1 atom stereocenters. The molecule has 0 saturated heterocycles. The third-order valence-electron chi connectivity index (χ3n) is 6.20. The Hall–Kier alpha value is -0.0800. The first-order valence-electron chi connectivity index (χ1n) is 9.57. The molecule has 0 heterocycles. The molecular formula is C19H37NO. The van der Waals surface area contributed by atoms with Crippen molar-refractivity contribution in [1.29, 1.82) is 0 Å². The van der Waals surface area contributed by atoms with Crippen LogP contribution in [0.2, 0.25) is 0 Å². The van der Waals surface area contributed by atoms with Crippen molar-refractivity contribution in [3.63, 3.8) is 0 Å². The van der Waals surface area contributed by atoms with Gasteiger partial charge in [0.1, 0.15) is 0 Å². The minimum absolute atomic E-state index is 0.115. The summed E-state index contributed by atoms with van der Waals surface area (Å²) in [6.07, 6.45) is 15.1. The van der Waals surface area contributed by atoms with Crippen LogP contribution < -0.4 is 5.32 Å². The van der Waals surface area contributed by atoms with Crippen LogP contribution in [0.15, 0.2) is 0 Å². The monoisotopic (exact) mass is 295 g/mol. The third kappa shape index (κ3) is 4.22. The molecule has 1 unspecified atom stereocenters. The zero-order valence-electron chi connectivity index (χ0n) is 14.6. The fraction of sp³-hybridized carbons (Fsp3) is 1.00. The summed E-state index contributed by atoms with van der Waals surface area (Å²) >= 11 is 0. The molecule has 124 valence electrons. The summed E-state index contributed by atoms with van der Waals surface area (Å²) in [5, 5.41) is 3.70. The van der Waals surface area contributed by atoms with E-state index in [9.17, 15) is 0 Å². The smallest absolute Gasteiger partial charge is 0.0837 e. The number of rotatable bonds is 6. The molecule has 21 heavy (non-hydrogen) atoms. The summed E-state index contributed by atoms with van der Waals surface area (Å²) < 4.78 is 6.45. The minimum Gasteiger partial charge on any atom is -0.374 e. The molecule has 2 saturated carbocycles. The molecular weight excluding hydrogens is 258 g/mol. The quantitative estimate of drug-likeness (QED) is 0.702. The molecule has 2 fully saturated rings. The van der Waals surface area contributed by atoms with Crippen molar-refractivity contribution >= 4 is 0 Å². The van der Waals surface area contributed by atoms with Gasteiger partial charge in [-0.05, 0) is 51.5 Å². The topological polar surface area (TPSA) is 21.3 Å². The summed E-state index contributed by atoms with van der Waals surface area (Å²) in [5.41, 5.74) is 0.115. The van der Waals surface area contributed by atoms with Crippen LogP contribution in [0.5, 0.6) is 0 Å². The van der Waals surface area contributed by atoms with Crippen molar-refractivity contribution in [2.24, 2.45) is 11.8 Å². The molecule has 0 bridgehead atoms.